The molecule has 196 valence electrons. The smallest absolute Gasteiger partial charge is 0.264 e. The van der Waals surface area contributed by atoms with Crippen molar-refractivity contribution in [2.75, 3.05) is 6.54 Å². The van der Waals surface area contributed by atoms with E-state index in [1.54, 1.807) is 0 Å². The Morgan fingerprint density at radius 2 is 1.73 bits per heavy atom. The van der Waals surface area contributed by atoms with Crippen molar-refractivity contribution in [3.63, 3.8) is 0 Å². The molecule has 0 aliphatic carbocycles. The summed E-state index contributed by atoms with van der Waals surface area (Å²) in [7, 11) is -4.32. The van der Waals surface area contributed by atoms with Gasteiger partial charge in [-0.3, -0.25) is 14.2 Å². The largest absolute Gasteiger partial charge is 0.351 e. The van der Waals surface area contributed by atoms with Crippen LogP contribution in [-0.2, 0) is 21.4 Å². The molecule has 13 heteroatoms. The van der Waals surface area contributed by atoms with Crippen LogP contribution >= 0.6 is 0 Å². The summed E-state index contributed by atoms with van der Waals surface area (Å²) in [6.07, 6.45) is -3.81. The van der Waals surface area contributed by atoms with Gasteiger partial charge in [0.2, 0.25) is 15.9 Å². The van der Waals surface area contributed by atoms with E-state index in [9.17, 15) is 40.0 Å². The molecule has 0 saturated carbocycles. The number of alkyl halides is 3. The zero-order valence-corrected chi connectivity index (χ0v) is 19.8. The summed E-state index contributed by atoms with van der Waals surface area (Å²) in [6, 6.07) is 7.61. The molecule has 2 aromatic carbocycles. The van der Waals surface area contributed by atoms with E-state index in [0.717, 1.165) is 59.3 Å². The van der Waals surface area contributed by atoms with Gasteiger partial charge < -0.3 is 5.32 Å². The van der Waals surface area contributed by atoms with Crippen molar-refractivity contribution in [2.24, 2.45) is 0 Å². The number of carbonyl (C=O) groups is 1. The lowest BCUT2D eigenvalue weighted by Gasteiger charge is -2.23. The average Bonchev–Trinajstić information content (AvgIpc) is 3.25. The fourth-order valence-electron chi connectivity index (χ4n) is 4.03. The second-order valence-electron chi connectivity index (χ2n) is 8.38. The number of sulfonamides is 1. The van der Waals surface area contributed by atoms with Crippen molar-refractivity contribution >= 4 is 15.9 Å². The van der Waals surface area contributed by atoms with Gasteiger partial charge >= 0.3 is 0 Å². The first-order chi connectivity index (χ1) is 17.5. The Hall–Kier alpha value is -3.58. The first kappa shape index (κ1) is 26.5. The summed E-state index contributed by atoms with van der Waals surface area (Å²) in [5.74, 6) is -2.29. The Labute approximate surface area is 208 Å². The van der Waals surface area contributed by atoms with Gasteiger partial charge in [0.1, 0.15) is 23.8 Å². The van der Waals surface area contributed by atoms with E-state index in [-0.39, 0.29) is 22.7 Å². The Balaban J connectivity index is 1.52. The van der Waals surface area contributed by atoms with Crippen molar-refractivity contribution in [3.05, 3.63) is 93.9 Å². The van der Waals surface area contributed by atoms with Crippen LogP contribution in [0, 0.1) is 11.6 Å². The van der Waals surface area contributed by atoms with Crippen molar-refractivity contribution in [3.8, 4) is 5.69 Å². The monoisotopic (exact) mass is 541 g/mol. The number of halogens is 5. The molecule has 3 aromatic rings. The zero-order valence-electron chi connectivity index (χ0n) is 19.0. The molecule has 37 heavy (non-hydrogen) atoms. The van der Waals surface area contributed by atoms with Gasteiger partial charge in [-0.05, 0) is 54.1 Å². The zero-order chi connectivity index (χ0) is 26.9. The van der Waals surface area contributed by atoms with E-state index in [1.165, 1.54) is 6.07 Å². The quantitative estimate of drug-likeness (QED) is 0.464. The number of rotatable bonds is 7. The number of aromatic nitrogens is 1. The third-order valence-electron chi connectivity index (χ3n) is 5.81. The minimum atomic E-state index is -4.32. The molecule has 0 radical (unpaired) electrons. The third kappa shape index (κ3) is 5.72. The number of amides is 1. The van der Waals surface area contributed by atoms with Crippen LogP contribution in [0.3, 0.4) is 0 Å². The van der Waals surface area contributed by atoms with E-state index in [0.29, 0.717) is 4.31 Å². The van der Waals surface area contributed by atoms with E-state index >= 15 is 0 Å². The molecule has 1 aliphatic rings. The number of nitrogens with one attached hydrogen (secondary N) is 1. The molecule has 0 bridgehead atoms. The Morgan fingerprint density at radius 3 is 2.38 bits per heavy atom. The third-order valence-corrected chi connectivity index (χ3v) is 7.70. The van der Waals surface area contributed by atoms with E-state index in [4.69, 9.17) is 0 Å². The highest BCUT2D eigenvalue weighted by Gasteiger charge is 2.44. The minimum absolute atomic E-state index is 0.0141. The molecule has 7 nitrogen and oxygen atoms in total. The molecule has 1 aromatic heterocycles. The van der Waals surface area contributed by atoms with Crippen LogP contribution in [0.15, 0.2) is 70.5 Å². The van der Waals surface area contributed by atoms with Gasteiger partial charge in [0, 0.05) is 37.3 Å². The maximum Gasteiger partial charge on any atom is 0.264 e. The fraction of sp³-hybridized carbons (Fsp3) is 0.250. The van der Waals surface area contributed by atoms with Crippen molar-refractivity contribution in [1.82, 2.24) is 14.2 Å². The highest BCUT2D eigenvalue weighted by molar-refractivity contribution is 7.89. The Kier molecular flexibility index (Phi) is 7.46. The lowest BCUT2D eigenvalue weighted by atomic mass is 10.1. The number of hydrogen-bond acceptors (Lipinski definition) is 4. The van der Waals surface area contributed by atoms with E-state index in [1.807, 2.05) is 0 Å². The molecule has 0 unspecified atom stereocenters. The summed E-state index contributed by atoms with van der Waals surface area (Å²) < 4.78 is 94.8. The summed E-state index contributed by atoms with van der Waals surface area (Å²) in [4.78, 5) is 24.8. The van der Waals surface area contributed by atoms with Gasteiger partial charge in [0.25, 0.3) is 12.0 Å². The van der Waals surface area contributed by atoms with Gasteiger partial charge in [-0.25, -0.2) is 30.4 Å². The van der Waals surface area contributed by atoms with E-state index in [2.05, 4.69) is 5.32 Å². The van der Waals surface area contributed by atoms with Crippen LogP contribution in [-0.4, -0.2) is 42.0 Å². The molecule has 1 aliphatic heterocycles. The second kappa shape index (κ2) is 10.4. The predicted molar refractivity (Wildman–Crippen MR) is 122 cm³/mol. The lowest BCUT2D eigenvalue weighted by molar-refractivity contribution is -0.124. The molecule has 1 amide bonds. The number of hydrogen-bond donors (Lipinski definition) is 1. The predicted octanol–water partition coefficient (Wildman–Crippen LogP) is 3.47. The highest BCUT2D eigenvalue weighted by Crippen LogP contribution is 2.28. The topological polar surface area (TPSA) is 88.5 Å². The summed E-state index contributed by atoms with van der Waals surface area (Å²) >= 11 is 0. The van der Waals surface area contributed by atoms with Crippen LogP contribution in [0.2, 0.25) is 0 Å². The number of benzene rings is 2. The van der Waals surface area contributed by atoms with Gasteiger partial charge in [-0.15, -0.1) is 0 Å². The molecule has 1 saturated heterocycles. The Bertz CT molecular complexity index is 1480. The van der Waals surface area contributed by atoms with Crippen LogP contribution in [0.5, 0.6) is 0 Å². The van der Waals surface area contributed by atoms with E-state index < -0.39 is 70.3 Å². The van der Waals surface area contributed by atoms with Gasteiger partial charge in [0.15, 0.2) is 0 Å². The lowest BCUT2D eigenvalue weighted by Crippen LogP contribution is -2.45. The van der Waals surface area contributed by atoms with Crippen molar-refractivity contribution in [2.45, 2.75) is 36.5 Å². The van der Waals surface area contributed by atoms with Crippen LogP contribution < -0.4 is 10.9 Å². The normalized spacial score (nSPS) is 18.3. The van der Waals surface area contributed by atoms with Crippen LogP contribution in [0.1, 0.15) is 24.0 Å². The molecule has 1 N–H and O–H groups in total. The molecule has 0 spiro atoms. The number of pyridine rings is 1. The minimum Gasteiger partial charge on any atom is -0.351 e. The summed E-state index contributed by atoms with van der Waals surface area (Å²) in [6.45, 7) is -0.870. The maximum absolute atomic E-state index is 14.3. The van der Waals surface area contributed by atoms with Gasteiger partial charge in [-0.1, -0.05) is 0 Å². The fourth-order valence-corrected chi connectivity index (χ4v) is 5.65. The first-order valence-electron chi connectivity index (χ1n) is 11.0. The van der Waals surface area contributed by atoms with Crippen LogP contribution in [0.4, 0.5) is 22.0 Å². The second-order valence-corrected chi connectivity index (χ2v) is 10.3. The standard InChI is InChI=1S/C24H20F5N3O4S/c25-16-1-3-20(4-2-16)37(35,36)32-13-18(27)11-21(32)24(34)30-12-14-7-17(26)10-19(8-14)31-6-5-15(23(28)29)9-22(31)33/h1-10,18,21,23H,11-13H2,(H,30,34)/t18-,21+/m1/s1. The molecule has 1 fully saturated rings. The number of nitrogens with zero attached hydrogens (tertiary/aromatic N) is 2. The average molecular weight is 541 g/mol. The SMILES string of the molecule is O=C(NCc1cc(F)cc(-n2ccc(C(F)F)cc2=O)c1)[C@@H]1C[C@@H](F)CN1S(=O)(=O)c1ccc(F)cc1. The van der Waals surface area contributed by atoms with Gasteiger partial charge in [-0.2, -0.15) is 4.31 Å². The molecular weight excluding hydrogens is 521 g/mol. The number of carbonyl (C=O) groups excluding carboxylic acids is 1. The Morgan fingerprint density at radius 1 is 1.03 bits per heavy atom. The van der Waals surface area contributed by atoms with Gasteiger partial charge in [0.05, 0.1) is 10.6 Å². The summed E-state index contributed by atoms with van der Waals surface area (Å²) in [5.41, 5.74) is -1.12. The molecule has 2 atom stereocenters. The molecule has 2 heterocycles. The van der Waals surface area contributed by atoms with Crippen molar-refractivity contribution < 1.29 is 35.2 Å². The summed E-state index contributed by atoms with van der Waals surface area (Å²) in [5, 5.41) is 2.44. The maximum atomic E-state index is 14.3. The molecule has 4 rings (SSSR count). The molecular formula is C24H20F5N3O4S. The first-order valence-corrected chi connectivity index (χ1v) is 12.4. The highest BCUT2D eigenvalue weighted by atomic mass is 32.2. The van der Waals surface area contributed by atoms with Crippen LogP contribution in [0.25, 0.3) is 5.69 Å². The van der Waals surface area contributed by atoms with Crippen molar-refractivity contribution in [1.29, 1.82) is 0 Å².